The number of morpholine rings is 1. The summed E-state index contributed by atoms with van der Waals surface area (Å²) in [6.07, 6.45) is 0. The third-order valence-electron chi connectivity index (χ3n) is 6.55. The first-order valence-corrected chi connectivity index (χ1v) is 13.8. The third-order valence-corrected chi connectivity index (χ3v) is 7.48. The van der Waals surface area contributed by atoms with Crippen LogP contribution in [0.25, 0.3) is 22.6 Å². The van der Waals surface area contributed by atoms with Gasteiger partial charge in [0.15, 0.2) is 16.1 Å². The van der Waals surface area contributed by atoms with E-state index >= 15 is 0 Å². The molecule has 2 aromatic heterocycles. The molecular weight excluding hydrogens is 561 g/mol. The lowest BCUT2D eigenvalue weighted by molar-refractivity contribution is 0.0297. The van der Waals surface area contributed by atoms with Crippen molar-refractivity contribution in [2.24, 2.45) is 4.99 Å². The highest BCUT2D eigenvalue weighted by Gasteiger charge is 2.26. The van der Waals surface area contributed by atoms with Gasteiger partial charge in [-0.2, -0.15) is 9.06 Å². The molecule has 0 saturated carbocycles. The molecular formula is C29H24FN7O4S. The maximum absolute atomic E-state index is 13.8. The highest BCUT2D eigenvalue weighted by Crippen LogP contribution is 2.26. The smallest absolute Gasteiger partial charge is 0.301 e. The number of carbonyl (C=O) groups is 2. The Hall–Kier alpha value is -5.01. The Bertz CT molecular complexity index is 1790. The highest BCUT2D eigenvalue weighted by molar-refractivity contribution is 7.04. The fourth-order valence-electron chi connectivity index (χ4n) is 4.41. The van der Waals surface area contributed by atoms with Crippen LogP contribution >= 0.6 is 11.5 Å². The van der Waals surface area contributed by atoms with Gasteiger partial charge in [-0.1, -0.05) is 35.5 Å². The topological polar surface area (TPSA) is 117 Å². The van der Waals surface area contributed by atoms with Gasteiger partial charge < -0.3 is 14.4 Å². The molecule has 1 fully saturated rings. The van der Waals surface area contributed by atoms with Gasteiger partial charge in [0, 0.05) is 18.7 Å². The fraction of sp³-hybridized carbons (Fsp3) is 0.172. The van der Waals surface area contributed by atoms with Crippen molar-refractivity contribution in [1.29, 1.82) is 0 Å². The van der Waals surface area contributed by atoms with Crippen molar-refractivity contribution in [3.8, 4) is 28.4 Å². The van der Waals surface area contributed by atoms with Crippen molar-refractivity contribution < 1.29 is 23.5 Å². The zero-order valence-electron chi connectivity index (χ0n) is 22.4. The summed E-state index contributed by atoms with van der Waals surface area (Å²) in [5, 5.41) is 12.9. The monoisotopic (exact) mass is 585 g/mol. The minimum Gasteiger partial charge on any atom is -0.497 e. The Morgan fingerprint density at radius 3 is 2.31 bits per heavy atom. The lowest BCUT2D eigenvalue weighted by Crippen LogP contribution is -2.42. The first-order chi connectivity index (χ1) is 20.5. The zero-order chi connectivity index (χ0) is 29.1. The average Bonchev–Trinajstić information content (AvgIpc) is 3.67. The Kier molecular flexibility index (Phi) is 7.66. The molecule has 13 heteroatoms. The van der Waals surface area contributed by atoms with Gasteiger partial charge in [0.25, 0.3) is 5.91 Å². The van der Waals surface area contributed by atoms with Gasteiger partial charge in [-0.25, -0.2) is 9.07 Å². The summed E-state index contributed by atoms with van der Waals surface area (Å²) in [5.74, 6) is -0.798. The second-order valence-corrected chi connectivity index (χ2v) is 10.1. The maximum atomic E-state index is 13.8. The molecule has 0 unspecified atom stereocenters. The average molecular weight is 586 g/mol. The van der Waals surface area contributed by atoms with E-state index in [4.69, 9.17) is 9.47 Å². The van der Waals surface area contributed by atoms with Gasteiger partial charge >= 0.3 is 5.91 Å². The molecule has 0 atom stereocenters. The van der Waals surface area contributed by atoms with Crippen LogP contribution in [-0.2, 0) is 4.74 Å². The standard InChI is InChI=1S/C29H24FN7O4S/c1-40-23-13-11-22(12-14-23)37-33-25(29(39)35-15-17-41-18-16-35)28(42-37)31-27(38)24-26(19-5-3-2-4-6-19)36(34-32-24)21-9-7-20(30)8-10-21/h2-14H,15-18H2,1H3. The predicted molar refractivity (Wildman–Crippen MR) is 151 cm³/mol. The fourth-order valence-corrected chi connectivity index (χ4v) is 5.26. The summed E-state index contributed by atoms with van der Waals surface area (Å²) in [5.41, 5.74) is 2.23. The number of carbonyl (C=O) groups excluding carboxylic acids is 2. The molecule has 5 aromatic rings. The van der Waals surface area contributed by atoms with Gasteiger partial charge in [-0.05, 0) is 60.1 Å². The summed E-state index contributed by atoms with van der Waals surface area (Å²) in [4.78, 5) is 33.3. The molecule has 11 nitrogen and oxygen atoms in total. The molecule has 3 aromatic carbocycles. The Morgan fingerprint density at radius 1 is 0.929 bits per heavy atom. The van der Waals surface area contributed by atoms with E-state index in [1.807, 2.05) is 30.3 Å². The lowest BCUT2D eigenvalue weighted by atomic mass is 10.1. The molecule has 42 heavy (non-hydrogen) atoms. The Balaban J connectivity index is 1.46. The number of hydrogen-bond donors (Lipinski definition) is 0. The van der Waals surface area contributed by atoms with E-state index in [1.165, 1.54) is 20.9 Å². The van der Waals surface area contributed by atoms with E-state index in [0.717, 1.165) is 11.5 Å². The molecule has 3 heterocycles. The lowest BCUT2D eigenvalue weighted by Gasteiger charge is -2.25. The van der Waals surface area contributed by atoms with Crippen LogP contribution in [0.2, 0.25) is 0 Å². The summed E-state index contributed by atoms with van der Waals surface area (Å²) < 4.78 is 27.4. The molecule has 1 aliphatic heterocycles. The number of ether oxygens (including phenoxy) is 2. The molecule has 2 amide bonds. The van der Waals surface area contributed by atoms with Crippen molar-refractivity contribution in [3.05, 3.63) is 101 Å². The van der Waals surface area contributed by atoms with Crippen LogP contribution < -0.4 is 9.41 Å². The minimum absolute atomic E-state index is 0.0281. The number of halogens is 1. The van der Waals surface area contributed by atoms with Crippen molar-refractivity contribution in [2.45, 2.75) is 0 Å². The first-order valence-electron chi connectivity index (χ1n) is 13.0. The van der Waals surface area contributed by atoms with Gasteiger partial charge in [-0.15, -0.1) is 10.2 Å². The number of amides is 2. The van der Waals surface area contributed by atoms with Crippen LogP contribution in [0, 0.1) is 5.82 Å². The van der Waals surface area contributed by atoms with E-state index < -0.39 is 11.7 Å². The number of benzene rings is 3. The molecule has 0 N–H and O–H groups in total. The predicted octanol–water partition coefficient (Wildman–Crippen LogP) is 3.54. The number of nitrogens with zero attached hydrogens (tertiary/aromatic N) is 7. The molecule has 0 radical (unpaired) electrons. The van der Waals surface area contributed by atoms with E-state index in [0.29, 0.717) is 54.7 Å². The highest BCUT2D eigenvalue weighted by atomic mass is 32.1. The van der Waals surface area contributed by atoms with Crippen LogP contribution in [0.15, 0.2) is 83.9 Å². The molecule has 212 valence electrons. The van der Waals surface area contributed by atoms with E-state index in [1.54, 1.807) is 48.4 Å². The largest absolute Gasteiger partial charge is 0.497 e. The SMILES string of the molecule is COc1ccc(-n2nc(C(=O)N3CCOCC3)c(=NC(=O)c3nnn(-c4ccc(F)cc4)c3-c3ccccc3)s2)cc1. The third kappa shape index (κ3) is 5.47. The zero-order valence-corrected chi connectivity index (χ0v) is 23.2. The maximum Gasteiger partial charge on any atom is 0.301 e. The Labute approximate surface area is 243 Å². The molecule has 0 aliphatic carbocycles. The van der Waals surface area contributed by atoms with Crippen LogP contribution in [0.3, 0.4) is 0 Å². The van der Waals surface area contributed by atoms with Crippen molar-refractivity contribution in [1.82, 2.24) is 29.1 Å². The van der Waals surface area contributed by atoms with Gasteiger partial charge in [0.1, 0.15) is 17.3 Å². The van der Waals surface area contributed by atoms with Crippen LogP contribution in [-0.4, -0.2) is 74.3 Å². The Morgan fingerprint density at radius 2 is 1.62 bits per heavy atom. The van der Waals surface area contributed by atoms with Gasteiger partial charge in [0.05, 0.1) is 31.7 Å². The molecule has 1 saturated heterocycles. The quantitative estimate of drug-likeness (QED) is 0.299. The first kappa shape index (κ1) is 27.2. The summed E-state index contributed by atoms with van der Waals surface area (Å²) in [6.45, 7) is 1.62. The van der Waals surface area contributed by atoms with E-state index in [9.17, 15) is 14.0 Å². The summed E-state index contributed by atoms with van der Waals surface area (Å²) in [7, 11) is 1.57. The minimum atomic E-state index is -0.705. The van der Waals surface area contributed by atoms with E-state index in [2.05, 4.69) is 20.4 Å². The molecule has 0 spiro atoms. The van der Waals surface area contributed by atoms with Gasteiger partial charge in [0.2, 0.25) is 0 Å². The van der Waals surface area contributed by atoms with Crippen LogP contribution in [0.1, 0.15) is 21.0 Å². The van der Waals surface area contributed by atoms with Crippen molar-refractivity contribution >= 4 is 23.3 Å². The number of hydrogen-bond acceptors (Lipinski definition) is 8. The second kappa shape index (κ2) is 11.8. The molecule has 0 bridgehead atoms. The van der Waals surface area contributed by atoms with Crippen molar-refractivity contribution in [3.63, 3.8) is 0 Å². The van der Waals surface area contributed by atoms with Gasteiger partial charge in [-0.3, -0.25) is 9.59 Å². The second-order valence-electron chi connectivity index (χ2n) is 9.18. The van der Waals surface area contributed by atoms with Crippen LogP contribution in [0.4, 0.5) is 4.39 Å². The summed E-state index contributed by atoms with van der Waals surface area (Å²) >= 11 is 1.05. The van der Waals surface area contributed by atoms with E-state index in [-0.39, 0.29) is 22.0 Å². The van der Waals surface area contributed by atoms with Crippen LogP contribution in [0.5, 0.6) is 5.75 Å². The summed E-state index contributed by atoms with van der Waals surface area (Å²) in [6, 6.07) is 21.9. The molecule has 1 aliphatic rings. The number of methoxy groups -OCH3 is 1. The normalized spacial score (nSPS) is 13.8. The van der Waals surface area contributed by atoms with Crippen molar-refractivity contribution in [2.75, 3.05) is 33.4 Å². The number of rotatable bonds is 6. The number of aromatic nitrogens is 5. The molecule has 6 rings (SSSR count).